The van der Waals surface area contributed by atoms with E-state index < -0.39 is 0 Å². The van der Waals surface area contributed by atoms with E-state index in [-0.39, 0.29) is 6.85 Å². The van der Waals surface area contributed by atoms with Crippen LogP contribution in [-0.2, 0) is 0 Å². The molecule has 6 aromatic carbocycles. The van der Waals surface area contributed by atoms with Gasteiger partial charge in [-0.25, -0.2) is 0 Å². The molecule has 2 aliphatic rings. The van der Waals surface area contributed by atoms with Gasteiger partial charge in [0.15, 0.2) is 0 Å². The molecule has 0 saturated heterocycles. The van der Waals surface area contributed by atoms with Gasteiger partial charge in [-0.3, -0.25) is 0 Å². The zero-order chi connectivity index (χ0) is 25.9. The van der Waals surface area contributed by atoms with E-state index in [9.17, 15) is 0 Å². The monoisotopic (exact) mass is 508 g/mol. The highest BCUT2D eigenvalue weighted by molar-refractivity contribution is 6.90. The second-order valence-corrected chi connectivity index (χ2v) is 10.9. The Kier molecular flexibility index (Phi) is 3.75. The second-order valence-electron chi connectivity index (χ2n) is 10.9. The van der Waals surface area contributed by atoms with Crippen molar-refractivity contribution < 1.29 is 4.74 Å². The molecule has 3 nitrogen and oxygen atoms in total. The molecular weight excluding hydrogens is 487 g/mol. The maximum Gasteiger partial charge on any atom is 0.333 e. The Morgan fingerprint density at radius 2 is 1.18 bits per heavy atom. The number of rotatable bonds is 2. The average Bonchev–Trinajstić information content (AvgIpc) is 3.53. The van der Waals surface area contributed by atoms with Crippen LogP contribution in [0.25, 0.3) is 60.4 Å². The van der Waals surface area contributed by atoms with E-state index >= 15 is 0 Å². The number of aromatic nitrogens is 2. The molecule has 8 aromatic rings. The topological polar surface area (TPSA) is 19.1 Å². The lowest BCUT2D eigenvalue weighted by Gasteiger charge is -2.34. The molecule has 0 saturated carbocycles. The fourth-order valence-corrected chi connectivity index (χ4v) is 7.47. The number of hydrogen-bond donors (Lipinski definition) is 0. The Morgan fingerprint density at radius 3 is 2.02 bits per heavy atom. The summed E-state index contributed by atoms with van der Waals surface area (Å²) >= 11 is 0. The molecule has 0 radical (unpaired) electrons. The molecule has 0 unspecified atom stereocenters. The van der Waals surface area contributed by atoms with Crippen LogP contribution < -0.4 is 15.7 Å². The first-order valence-electron chi connectivity index (χ1n) is 13.8. The third kappa shape index (κ3) is 2.43. The largest absolute Gasteiger partial charge is 0.457 e. The zero-order valence-electron chi connectivity index (χ0n) is 21.5. The minimum atomic E-state index is 0.0635. The third-order valence-corrected chi connectivity index (χ3v) is 8.92. The summed E-state index contributed by atoms with van der Waals surface area (Å²) in [7, 11) is 0. The van der Waals surface area contributed by atoms with Crippen molar-refractivity contribution in [1.82, 2.24) is 9.05 Å². The summed E-state index contributed by atoms with van der Waals surface area (Å²) in [5, 5.41) is 5.17. The van der Waals surface area contributed by atoms with Crippen molar-refractivity contribution in [2.45, 2.75) is 0 Å². The first-order valence-corrected chi connectivity index (χ1v) is 13.8. The van der Waals surface area contributed by atoms with Crippen molar-refractivity contribution in [3.63, 3.8) is 0 Å². The highest BCUT2D eigenvalue weighted by Gasteiger charge is 2.41. The summed E-state index contributed by atoms with van der Waals surface area (Å²) < 4.78 is 11.6. The van der Waals surface area contributed by atoms with Gasteiger partial charge in [0.1, 0.15) is 11.5 Å². The number of benzene rings is 6. The number of hydrogen-bond acceptors (Lipinski definition) is 1. The Balaban J connectivity index is 1.43. The van der Waals surface area contributed by atoms with Crippen LogP contribution in [0, 0.1) is 0 Å². The van der Waals surface area contributed by atoms with Crippen molar-refractivity contribution >= 4 is 61.4 Å². The van der Waals surface area contributed by atoms with Crippen molar-refractivity contribution in [2.75, 3.05) is 0 Å². The van der Waals surface area contributed by atoms with E-state index in [1.807, 2.05) is 30.3 Å². The molecule has 10 rings (SSSR count). The summed E-state index contributed by atoms with van der Waals surface area (Å²) in [6, 6.07) is 45.8. The van der Waals surface area contributed by atoms with Crippen LogP contribution in [0.5, 0.6) is 11.5 Å². The molecular formula is C36H21BN2O. The predicted molar refractivity (Wildman–Crippen MR) is 166 cm³/mol. The van der Waals surface area contributed by atoms with E-state index in [1.54, 1.807) is 0 Å². The summed E-state index contributed by atoms with van der Waals surface area (Å²) in [6.45, 7) is 0.0635. The Hall–Kier alpha value is -5.22. The van der Waals surface area contributed by atoms with Gasteiger partial charge in [0, 0.05) is 49.9 Å². The SMILES string of the molecule is c1ccc(Oc2cc3c4c(c2)-n2c5ccccc5c5cccc(c52)B4n2c4ccccc4c4cccc-3c42)cc1. The minimum absolute atomic E-state index is 0.0635. The normalized spacial score (nSPS) is 12.9. The maximum atomic E-state index is 6.54. The van der Waals surface area contributed by atoms with Crippen LogP contribution in [0.4, 0.5) is 0 Å². The predicted octanol–water partition coefficient (Wildman–Crippen LogP) is 7.63. The fourth-order valence-electron chi connectivity index (χ4n) is 7.47. The lowest BCUT2D eigenvalue weighted by molar-refractivity contribution is 0.483. The van der Waals surface area contributed by atoms with Gasteiger partial charge < -0.3 is 13.8 Å². The molecule has 2 aliphatic heterocycles. The molecule has 0 aliphatic carbocycles. The Morgan fingerprint density at radius 1 is 0.500 bits per heavy atom. The molecule has 2 aromatic heterocycles. The van der Waals surface area contributed by atoms with Crippen LogP contribution >= 0.6 is 0 Å². The van der Waals surface area contributed by atoms with Gasteiger partial charge in [-0.15, -0.1) is 0 Å². The van der Waals surface area contributed by atoms with Gasteiger partial charge in [-0.1, -0.05) is 91.0 Å². The van der Waals surface area contributed by atoms with Crippen LogP contribution in [0.2, 0.25) is 0 Å². The van der Waals surface area contributed by atoms with E-state index in [1.165, 1.54) is 71.4 Å². The van der Waals surface area contributed by atoms with Crippen molar-refractivity contribution in [1.29, 1.82) is 0 Å². The lowest BCUT2D eigenvalue weighted by atomic mass is 9.45. The molecule has 0 spiro atoms. The second kappa shape index (κ2) is 7.25. The average molecular weight is 508 g/mol. The van der Waals surface area contributed by atoms with Gasteiger partial charge >= 0.3 is 6.85 Å². The van der Waals surface area contributed by atoms with Crippen molar-refractivity contribution in [3.05, 3.63) is 127 Å². The van der Waals surface area contributed by atoms with Crippen LogP contribution in [0.1, 0.15) is 0 Å². The van der Waals surface area contributed by atoms with Crippen LogP contribution in [0.3, 0.4) is 0 Å². The summed E-state index contributed by atoms with van der Waals surface area (Å²) in [5.74, 6) is 1.69. The molecule has 40 heavy (non-hydrogen) atoms. The van der Waals surface area contributed by atoms with Gasteiger partial charge in [0.05, 0.1) is 11.0 Å². The first-order chi connectivity index (χ1) is 19.9. The standard InChI is InChI=1S/C36H21BN2O/c1-2-10-22(11-3-1)40-23-20-29-28-15-8-14-26-25-13-5-7-19-32(25)39(35(26)28)37-30-17-9-16-27-24-12-4-6-18-31(24)38(36(27)30)33(21-23)34(29)37/h1-21H. The molecule has 184 valence electrons. The summed E-state index contributed by atoms with van der Waals surface area (Å²) in [4.78, 5) is 0. The Labute approximate surface area is 230 Å². The van der Waals surface area contributed by atoms with Gasteiger partial charge in [0.25, 0.3) is 0 Å². The fraction of sp³-hybridized carbons (Fsp3) is 0. The van der Waals surface area contributed by atoms with Gasteiger partial charge in [-0.05, 0) is 46.8 Å². The molecule has 0 fully saturated rings. The number of para-hydroxylation sites is 5. The van der Waals surface area contributed by atoms with Crippen molar-refractivity contribution in [3.8, 4) is 28.3 Å². The van der Waals surface area contributed by atoms with Crippen molar-refractivity contribution in [2.24, 2.45) is 0 Å². The van der Waals surface area contributed by atoms with E-state index in [0.717, 1.165) is 11.5 Å². The van der Waals surface area contributed by atoms with Gasteiger partial charge in [-0.2, -0.15) is 0 Å². The smallest absolute Gasteiger partial charge is 0.333 e. The van der Waals surface area contributed by atoms with Crippen LogP contribution in [0.15, 0.2) is 127 Å². The minimum Gasteiger partial charge on any atom is -0.457 e. The van der Waals surface area contributed by atoms with E-state index in [4.69, 9.17) is 4.74 Å². The van der Waals surface area contributed by atoms with E-state index in [0.29, 0.717) is 0 Å². The summed E-state index contributed by atoms with van der Waals surface area (Å²) in [5.41, 5.74) is 11.5. The summed E-state index contributed by atoms with van der Waals surface area (Å²) in [6.07, 6.45) is 0. The molecule has 0 atom stereocenters. The zero-order valence-corrected chi connectivity index (χ0v) is 21.5. The number of fused-ring (bicyclic) bond motifs is 10. The number of ether oxygens (including phenoxy) is 1. The lowest BCUT2D eigenvalue weighted by Crippen LogP contribution is -2.55. The highest BCUT2D eigenvalue weighted by Crippen LogP contribution is 2.44. The number of nitrogens with zero attached hydrogens (tertiary/aromatic N) is 2. The molecule has 4 heteroatoms. The highest BCUT2D eigenvalue weighted by atomic mass is 16.5. The molecule has 0 amide bonds. The third-order valence-electron chi connectivity index (χ3n) is 8.92. The first kappa shape index (κ1) is 20.7. The quantitative estimate of drug-likeness (QED) is 0.220. The molecule has 0 N–H and O–H groups in total. The molecule has 0 bridgehead atoms. The van der Waals surface area contributed by atoms with E-state index in [2.05, 4.69) is 106 Å². The Bertz CT molecular complexity index is 2360. The maximum absolute atomic E-state index is 6.54. The molecule has 4 heterocycles. The van der Waals surface area contributed by atoms with Gasteiger partial charge in [0.2, 0.25) is 0 Å². The van der Waals surface area contributed by atoms with Crippen LogP contribution in [-0.4, -0.2) is 15.9 Å².